The van der Waals surface area contributed by atoms with Crippen LogP contribution in [0.2, 0.25) is 0 Å². The maximum Gasteiger partial charge on any atom is 0.333 e. The van der Waals surface area contributed by atoms with Crippen LogP contribution in [0.25, 0.3) is 0 Å². The van der Waals surface area contributed by atoms with Gasteiger partial charge in [-0.15, -0.1) is 0 Å². The molecule has 176 valence electrons. The first-order chi connectivity index (χ1) is 15.1. The van der Waals surface area contributed by atoms with E-state index in [4.69, 9.17) is 18.9 Å². The van der Waals surface area contributed by atoms with Crippen molar-refractivity contribution >= 4 is 17.9 Å². The van der Waals surface area contributed by atoms with Gasteiger partial charge in [0.1, 0.15) is 6.10 Å². The van der Waals surface area contributed by atoms with E-state index in [-0.39, 0.29) is 11.8 Å². The van der Waals surface area contributed by atoms with Gasteiger partial charge in [0.25, 0.3) is 0 Å². The lowest BCUT2D eigenvalue weighted by Gasteiger charge is -2.40. The van der Waals surface area contributed by atoms with Crippen molar-refractivity contribution in [2.75, 3.05) is 7.11 Å². The topological polar surface area (TPSA) is 88.1 Å². The van der Waals surface area contributed by atoms with Crippen LogP contribution in [0.1, 0.15) is 59.8 Å². The zero-order valence-corrected chi connectivity index (χ0v) is 19.6. The molecule has 0 aromatic rings. The fourth-order valence-corrected chi connectivity index (χ4v) is 4.25. The summed E-state index contributed by atoms with van der Waals surface area (Å²) in [6.45, 7) is 10.7. The molecular formula is C25H34O7. The van der Waals surface area contributed by atoms with Gasteiger partial charge in [-0.2, -0.15) is 0 Å². The van der Waals surface area contributed by atoms with E-state index in [1.807, 2.05) is 0 Å². The molecule has 0 spiro atoms. The third-order valence-corrected chi connectivity index (χ3v) is 5.88. The Hall–Kier alpha value is -2.83. The van der Waals surface area contributed by atoms with Crippen LogP contribution in [0.3, 0.4) is 0 Å². The average Bonchev–Trinajstić information content (AvgIpc) is 2.79. The summed E-state index contributed by atoms with van der Waals surface area (Å²) in [5.74, 6) is -1.66. The highest BCUT2D eigenvalue weighted by Gasteiger charge is 2.42. The predicted octanol–water partition coefficient (Wildman–Crippen LogP) is 4.54. The lowest BCUT2D eigenvalue weighted by atomic mass is 9.74. The molecule has 0 bridgehead atoms. The van der Waals surface area contributed by atoms with Crippen molar-refractivity contribution in [1.82, 2.24) is 0 Å². The maximum absolute atomic E-state index is 11.9. The first-order valence-electron chi connectivity index (χ1n) is 10.9. The molecule has 7 heteroatoms. The molecule has 2 aliphatic rings. The van der Waals surface area contributed by atoms with E-state index in [2.05, 4.69) is 19.6 Å². The second kappa shape index (κ2) is 11.7. The molecule has 0 unspecified atom stereocenters. The first-order valence-corrected chi connectivity index (χ1v) is 10.9. The smallest absolute Gasteiger partial charge is 0.333 e. The SMILES string of the molecule is C=C1CC/C=C(\C)CC[C@@H]2C([C@@H](C/C=C(\C)C(=O)OC)OC(C)=O)=CO[C@H](OC(C)=O)[C@@H]12. The number of esters is 3. The molecule has 0 saturated heterocycles. The normalized spacial score (nSPS) is 26.5. The first kappa shape index (κ1) is 25.4. The minimum Gasteiger partial charge on any atom is -0.466 e. The number of fused-ring (bicyclic) bond motifs is 1. The second-order valence-corrected chi connectivity index (χ2v) is 8.36. The molecule has 0 fully saturated rings. The van der Waals surface area contributed by atoms with Crippen LogP contribution in [0.4, 0.5) is 0 Å². The van der Waals surface area contributed by atoms with Gasteiger partial charge in [0.15, 0.2) is 0 Å². The number of allylic oxidation sites excluding steroid dienone is 2. The van der Waals surface area contributed by atoms with E-state index in [0.717, 1.165) is 36.8 Å². The lowest BCUT2D eigenvalue weighted by molar-refractivity contribution is -0.181. The van der Waals surface area contributed by atoms with Crippen LogP contribution in [0.5, 0.6) is 0 Å². The van der Waals surface area contributed by atoms with E-state index in [9.17, 15) is 14.4 Å². The molecule has 4 atom stereocenters. The van der Waals surface area contributed by atoms with Crippen molar-refractivity contribution in [3.05, 3.63) is 47.3 Å². The minimum atomic E-state index is -0.780. The van der Waals surface area contributed by atoms with Crippen molar-refractivity contribution in [3.63, 3.8) is 0 Å². The summed E-state index contributed by atoms with van der Waals surface area (Å²) in [5.41, 5.74) is 3.42. The van der Waals surface area contributed by atoms with E-state index in [1.54, 1.807) is 19.3 Å². The zero-order valence-electron chi connectivity index (χ0n) is 19.6. The average molecular weight is 447 g/mol. The molecule has 2 rings (SSSR count). The molecule has 0 radical (unpaired) electrons. The summed E-state index contributed by atoms with van der Waals surface area (Å²) in [4.78, 5) is 35.4. The number of carbonyl (C=O) groups excluding carboxylic acids is 3. The number of rotatable bonds is 6. The van der Waals surface area contributed by atoms with Gasteiger partial charge in [-0.1, -0.05) is 29.9 Å². The quantitative estimate of drug-likeness (QED) is 0.256. The van der Waals surface area contributed by atoms with Crippen molar-refractivity contribution in [3.8, 4) is 0 Å². The Balaban J connectivity index is 2.45. The summed E-state index contributed by atoms with van der Waals surface area (Å²) < 4.78 is 21.7. The van der Waals surface area contributed by atoms with E-state index < -0.39 is 30.3 Å². The van der Waals surface area contributed by atoms with Crippen LogP contribution in [-0.2, 0) is 33.3 Å². The highest BCUT2D eigenvalue weighted by Crippen LogP contribution is 2.43. The van der Waals surface area contributed by atoms with Gasteiger partial charge in [-0.3, -0.25) is 9.59 Å². The largest absolute Gasteiger partial charge is 0.466 e. The monoisotopic (exact) mass is 446 g/mol. The summed E-state index contributed by atoms with van der Waals surface area (Å²) in [5, 5.41) is 0. The third kappa shape index (κ3) is 6.84. The number of methoxy groups -OCH3 is 1. The van der Waals surface area contributed by atoms with Gasteiger partial charge in [0.2, 0.25) is 6.29 Å². The summed E-state index contributed by atoms with van der Waals surface area (Å²) in [6, 6.07) is 0. The van der Waals surface area contributed by atoms with Crippen LogP contribution in [-0.4, -0.2) is 37.4 Å². The summed E-state index contributed by atoms with van der Waals surface area (Å²) in [6.07, 6.45) is 7.54. The maximum atomic E-state index is 11.9. The molecule has 0 amide bonds. The van der Waals surface area contributed by atoms with Crippen LogP contribution in [0.15, 0.2) is 47.3 Å². The van der Waals surface area contributed by atoms with E-state index in [0.29, 0.717) is 12.0 Å². The molecule has 0 aromatic heterocycles. The van der Waals surface area contributed by atoms with Crippen LogP contribution in [0, 0.1) is 11.8 Å². The lowest BCUT2D eigenvalue weighted by Crippen LogP contribution is -2.41. The zero-order chi connectivity index (χ0) is 23.8. The van der Waals surface area contributed by atoms with Gasteiger partial charge in [-0.25, -0.2) is 4.79 Å². The highest BCUT2D eigenvalue weighted by atomic mass is 16.7. The van der Waals surface area contributed by atoms with Crippen molar-refractivity contribution in [1.29, 1.82) is 0 Å². The Kier molecular flexibility index (Phi) is 9.29. The summed E-state index contributed by atoms with van der Waals surface area (Å²) in [7, 11) is 1.32. The Bertz CT molecular complexity index is 833. The Morgan fingerprint density at radius 1 is 1.22 bits per heavy atom. The third-order valence-electron chi connectivity index (χ3n) is 5.88. The fraction of sp³-hybridized carbons (Fsp3) is 0.560. The molecule has 0 saturated carbocycles. The van der Waals surface area contributed by atoms with Crippen molar-refractivity contribution < 1.29 is 33.3 Å². The Labute approximate surface area is 190 Å². The van der Waals surface area contributed by atoms with Crippen molar-refractivity contribution in [2.45, 2.75) is 72.2 Å². The molecule has 7 nitrogen and oxygen atoms in total. The van der Waals surface area contributed by atoms with Crippen LogP contribution < -0.4 is 0 Å². The molecule has 0 aromatic carbocycles. The standard InChI is InChI=1S/C25H34O7/c1-15-8-7-9-16(2)23-20(12-10-15)21(14-30-25(23)32-19(5)27)22(31-18(4)26)13-11-17(3)24(28)29-6/h8,11,14,20,22-23,25H,2,7,9-10,12-13H2,1,3-6H3/b15-8+,17-11+/t20-,22-,23+,25-/m1/s1. The van der Waals surface area contributed by atoms with Gasteiger partial charge < -0.3 is 18.9 Å². The number of ether oxygens (including phenoxy) is 4. The number of hydrogen-bond donors (Lipinski definition) is 0. The molecule has 1 aliphatic carbocycles. The van der Waals surface area contributed by atoms with Crippen molar-refractivity contribution in [2.24, 2.45) is 11.8 Å². The van der Waals surface area contributed by atoms with Gasteiger partial charge in [0.05, 0.1) is 19.3 Å². The fourth-order valence-electron chi connectivity index (χ4n) is 4.25. The predicted molar refractivity (Wildman–Crippen MR) is 119 cm³/mol. The molecule has 0 N–H and O–H groups in total. The van der Waals surface area contributed by atoms with Gasteiger partial charge in [0, 0.05) is 37.3 Å². The molecular weight excluding hydrogens is 412 g/mol. The van der Waals surface area contributed by atoms with E-state index >= 15 is 0 Å². The van der Waals surface area contributed by atoms with E-state index in [1.165, 1.54) is 26.5 Å². The Morgan fingerprint density at radius 3 is 2.56 bits per heavy atom. The molecule has 32 heavy (non-hydrogen) atoms. The number of hydrogen-bond acceptors (Lipinski definition) is 7. The molecule has 1 aliphatic heterocycles. The second-order valence-electron chi connectivity index (χ2n) is 8.36. The van der Waals surface area contributed by atoms with Gasteiger partial charge in [-0.05, 0) is 39.5 Å². The highest BCUT2D eigenvalue weighted by molar-refractivity contribution is 5.87. The molecule has 1 heterocycles. The van der Waals surface area contributed by atoms with Gasteiger partial charge >= 0.3 is 17.9 Å². The minimum absolute atomic E-state index is 0.0989. The van der Waals surface area contributed by atoms with Crippen LogP contribution >= 0.6 is 0 Å². The summed E-state index contributed by atoms with van der Waals surface area (Å²) >= 11 is 0. The number of carbonyl (C=O) groups is 3. The Morgan fingerprint density at radius 2 is 1.94 bits per heavy atom.